The Balaban J connectivity index is 2.90. The lowest BCUT2D eigenvalue weighted by Gasteiger charge is -2.36. The Morgan fingerprint density at radius 3 is 2.32 bits per heavy atom. The van der Waals surface area contributed by atoms with Crippen LogP contribution in [0.25, 0.3) is 0 Å². The van der Waals surface area contributed by atoms with Crippen molar-refractivity contribution < 1.29 is 13.2 Å². The van der Waals surface area contributed by atoms with Crippen LogP contribution in [-0.4, -0.2) is 8.32 Å². The van der Waals surface area contributed by atoms with Crippen LogP contribution >= 0.6 is 15.9 Å². The van der Waals surface area contributed by atoms with Gasteiger partial charge in [-0.05, 0) is 35.8 Å². The zero-order valence-corrected chi connectivity index (χ0v) is 14.6. The summed E-state index contributed by atoms with van der Waals surface area (Å²) in [4.78, 5) is 0. The topological polar surface area (TPSA) is 9.23 Å². The molecule has 108 valence electrons. The van der Waals surface area contributed by atoms with Gasteiger partial charge in [0.2, 0.25) is 0 Å². The van der Waals surface area contributed by atoms with Crippen LogP contribution in [0, 0.1) is 0 Å². The third-order valence-corrected chi connectivity index (χ3v) is 8.71. The van der Waals surface area contributed by atoms with Crippen molar-refractivity contribution in [2.75, 3.05) is 0 Å². The standard InChI is InChI=1S/C14H21BrF2OSi/c1-14(2,3)19(4,5)18-9-10-6-7-11(15)8-12(10)13(16)17/h6-8,13H,9H2,1-5H3. The Labute approximate surface area is 123 Å². The average Bonchev–Trinajstić information content (AvgIpc) is 2.25. The Bertz CT molecular complexity index is 442. The molecule has 0 spiro atoms. The molecule has 0 unspecified atom stereocenters. The second-order valence-corrected chi connectivity index (χ2v) is 11.9. The maximum atomic E-state index is 13.0. The van der Waals surface area contributed by atoms with Gasteiger partial charge in [-0.25, -0.2) is 8.78 Å². The van der Waals surface area contributed by atoms with Gasteiger partial charge in [0, 0.05) is 10.0 Å². The average molecular weight is 351 g/mol. The fourth-order valence-electron chi connectivity index (χ4n) is 1.38. The normalized spacial score (nSPS) is 13.1. The highest BCUT2D eigenvalue weighted by atomic mass is 79.9. The SMILES string of the molecule is CC(C)(C)[Si](C)(C)OCc1ccc(Br)cc1C(F)F. The molecule has 0 atom stereocenters. The predicted molar refractivity (Wildman–Crippen MR) is 81.1 cm³/mol. The Kier molecular flexibility index (Phi) is 5.32. The molecule has 0 aliphatic carbocycles. The first-order valence-corrected chi connectivity index (χ1v) is 9.95. The van der Waals surface area contributed by atoms with Crippen molar-refractivity contribution in [1.82, 2.24) is 0 Å². The number of halogens is 3. The number of hydrogen-bond donors (Lipinski definition) is 0. The summed E-state index contributed by atoms with van der Waals surface area (Å²) in [5.41, 5.74) is 0.621. The van der Waals surface area contributed by atoms with Crippen molar-refractivity contribution >= 4 is 24.2 Å². The van der Waals surface area contributed by atoms with Gasteiger partial charge in [0.05, 0.1) is 6.61 Å². The van der Waals surface area contributed by atoms with E-state index < -0.39 is 14.7 Å². The van der Waals surface area contributed by atoms with Gasteiger partial charge >= 0.3 is 0 Å². The molecule has 0 aliphatic heterocycles. The van der Waals surface area contributed by atoms with E-state index in [0.717, 1.165) is 0 Å². The molecule has 19 heavy (non-hydrogen) atoms. The van der Waals surface area contributed by atoms with Gasteiger partial charge in [0.25, 0.3) is 6.43 Å². The van der Waals surface area contributed by atoms with Crippen molar-refractivity contribution in [3.63, 3.8) is 0 Å². The molecule has 0 heterocycles. The van der Waals surface area contributed by atoms with E-state index in [1.165, 1.54) is 6.07 Å². The van der Waals surface area contributed by atoms with E-state index in [4.69, 9.17) is 4.43 Å². The second-order valence-electron chi connectivity index (χ2n) is 6.19. The molecule has 1 aromatic rings. The molecule has 0 aliphatic rings. The first-order chi connectivity index (χ1) is 8.54. The number of hydrogen-bond acceptors (Lipinski definition) is 1. The highest BCUT2D eigenvalue weighted by Crippen LogP contribution is 2.37. The Morgan fingerprint density at radius 1 is 1.26 bits per heavy atom. The van der Waals surface area contributed by atoms with Gasteiger partial charge in [0.1, 0.15) is 0 Å². The van der Waals surface area contributed by atoms with Crippen LogP contribution in [-0.2, 0) is 11.0 Å². The third kappa shape index (κ3) is 4.36. The zero-order chi connectivity index (χ0) is 14.8. The molecule has 1 rings (SSSR count). The molecule has 0 N–H and O–H groups in total. The van der Waals surface area contributed by atoms with Crippen molar-refractivity contribution in [2.24, 2.45) is 0 Å². The van der Waals surface area contributed by atoms with Crippen LogP contribution in [0.3, 0.4) is 0 Å². The summed E-state index contributed by atoms with van der Waals surface area (Å²) >= 11 is 3.22. The lowest BCUT2D eigenvalue weighted by atomic mass is 10.1. The smallest absolute Gasteiger partial charge is 0.264 e. The molecular formula is C14H21BrF2OSi. The molecule has 0 aromatic heterocycles. The molecule has 5 heteroatoms. The minimum Gasteiger partial charge on any atom is -0.413 e. The van der Waals surface area contributed by atoms with Gasteiger partial charge < -0.3 is 4.43 Å². The van der Waals surface area contributed by atoms with E-state index in [1.54, 1.807) is 12.1 Å². The van der Waals surface area contributed by atoms with Gasteiger partial charge in [-0.1, -0.05) is 42.8 Å². The summed E-state index contributed by atoms with van der Waals surface area (Å²) in [6, 6.07) is 4.95. The van der Waals surface area contributed by atoms with E-state index in [9.17, 15) is 8.78 Å². The van der Waals surface area contributed by atoms with Gasteiger partial charge in [-0.15, -0.1) is 0 Å². The minimum absolute atomic E-state index is 0.0492. The fraction of sp³-hybridized carbons (Fsp3) is 0.571. The quantitative estimate of drug-likeness (QED) is 0.613. The molecule has 0 saturated heterocycles. The van der Waals surface area contributed by atoms with Crippen molar-refractivity contribution in [1.29, 1.82) is 0 Å². The lowest BCUT2D eigenvalue weighted by molar-refractivity contribution is 0.147. The summed E-state index contributed by atoms with van der Waals surface area (Å²) in [7, 11) is -1.92. The van der Waals surface area contributed by atoms with E-state index in [1.807, 2.05) is 0 Å². The molecule has 0 amide bonds. The first-order valence-electron chi connectivity index (χ1n) is 6.25. The van der Waals surface area contributed by atoms with Crippen LogP contribution in [0.5, 0.6) is 0 Å². The second kappa shape index (κ2) is 6.02. The fourth-order valence-corrected chi connectivity index (χ4v) is 2.70. The third-order valence-electron chi connectivity index (χ3n) is 3.74. The summed E-state index contributed by atoms with van der Waals surface area (Å²) in [6.07, 6.45) is -2.48. The molecule has 0 bridgehead atoms. The summed E-state index contributed by atoms with van der Waals surface area (Å²) in [6.45, 7) is 10.9. The minimum atomic E-state index is -2.48. The molecular weight excluding hydrogens is 330 g/mol. The Hall–Kier alpha value is -0.263. The monoisotopic (exact) mass is 350 g/mol. The van der Waals surface area contributed by atoms with Crippen molar-refractivity contribution in [3.05, 3.63) is 33.8 Å². The molecule has 1 nitrogen and oxygen atoms in total. The zero-order valence-electron chi connectivity index (χ0n) is 12.1. The molecule has 0 fully saturated rings. The van der Waals surface area contributed by atoms with Crippen molar-refractivity contribution in [3.8, 4) is 0 Å². The summed E-state index contributed by atoms with van der Waals surface area (Å²) in [5, 5.41) is 0.0767. The maximum Gasteiger partial charge on any atom is 0.264 e. The van der Waals surface area contributed by atoms with Crippen molar-refractivity contribution in [2.45, 2.75) is 51.9 Å². The molecule has 1 aromatic carbocycles. The van der Waals surface area contributed by atoms with Gasteiger partial charge in [0.15, 0.2) is 8.32 Å². The molecule has 0 saturated carbocycles. The predicted octanol–water partition coefficient (Wildman–Crippen LogP) is 5.91. The van der Waals surface area contributed by atoms with E-state index in [-0.39, 0.29) is 17.2 Å². The van der Waals surface area contributed by atoms with Gasteiger partial charge in [-0.3, -0.25) is 0 Å². The largest absolute Gasteiger partial charge is 0.413 e. The number of alkyl halides is 2. The van der Waals surface area contributed by atoms with E-state index >= 15 is 0 Å². The maximum absolute atomic E-state index is 13.0. The van der Waals surface area contributed by atoms with Crippen LogP contribution in [0.2, 0.25) is 18.1 Å². The summed E-state index contributed by atoms with van der Waals surface area (Å²) < 4.78 is 32.7. The number of benzene rings is 1. The Morgan fingerprint density at radius 2 is 1.84 bits per heavy atom. The van der Waals surface area contributed by atoms with E-state index in [2.05, 4.69) is 49.8 Å². The van der Waals surface area contributed by atoms with Crippen LogP contribution in [0.15, 0.2) is 22.7 Å². The van der Waals surface area contributed by atoms with Crippen LogP contribution < -0.4 is 0 Å². The van der Waals surface area contributed by atoms with Crippen LogP contribution in [0.1, 0.15) is 38.3 Å². The van der Waals surface area contributed by atoms with Crippen LogP contribution in [0.4, 0.5) is 8.78 Å². The highest BCUT2D eigenvalue weighted by Gasteiger charge is 2.37. The molecule has 0 radical (unpaired) electrons. The summed E-state index contributed by atoms with van der Waals surface area (Å²) in [5.74, 6) is 0. The lowest BCUT2D eigenvalue weighted by Crippen LogP contribution is -2.40. The highest BCUT2D eigenvalue weighted by molar-refractivity contribution is 9.10. The first kappa shape index (κ1) is 16.8. The van der Waals surface area contributed by atoms with Gasteiger partial charge in [-0.2, -0.15) is 0 Å². The van der Waals surface area contributed by atoms with E-state index in [0.29, 0.717) is 10.0 Å². The number of rotatable bonds is 4.